The Morgan fingerprint density at radius 3 is 2.70 bits per heavy atom. The second kappa shape index (κ2) is 10.4. The molecule has 0 unspecified atom stereocenters. The SMILES string of the molecule is O=C1N[C@]2(C(=O)O)C[C@H]2/C=C\CCCCCCC(=O)N2C[C@H](OC(=O)N3Cc4ccc(Cl)cc4C3)C[C@@H]12. The van der Waals surface area contributed by atoms with Crippen molar-refractivity contribution in [3.05, 3.63) is 46.5 Å². The Morgan fingerprint density at radius 2 is 1.89 bits per heavy atom. The predicted octanol–water partition coefficient (Wildman–Crippen LogP) is 3.63. The van der Waals surface area contributed by atoms with Crippen molar-refractivity contribution in [1.29, 1.82) is 0 Å². The summed E-state index contributed by atoms with van der Waals surface area (Å²) in [5.41, 5.74) is 0.618. The van der Waals surface area contributed by atoms with Gasteiger partial charge in [-0.05, 0) is 48.9 Å². The molecule has 4 atom stereocenters. The van der Waals surface area contributed by atoms with Crippen molar-refractivity contribution in [2.24, 2.45) is 5.92 Å². The van der Waals surface area contributed by atoms with Crippen molar-refractivity contribution in [1.82, 2.24) is 15.1 Å². The van der Waals surface area contributed by atoms with E-state index >= 15 is 0 Å². The van der Waals surface area contributed by atoms with Gasteiger partial charge in [-0.2, -0.15) is 0 Å². The van der Waals surface area contributed by atoms with Gasteiger partial charge in [0.05, 0.1) is 6.54 Å². The summed E-state index contributed by atoms with van der Waals surface area (Å²) in [6.07, 6.45) is 7.90. The highest BCUT2D eigenvalue weighted by Gasteiger charge is 2.61. The summed E-state index contributed by atoms with van der Waals surface area (Å²) in [4.78, 5) is 54.5. The molecule has 3 heterocycles. The number of aliphatic carboxylic acids is 1. The van der Waals surface area contributed by atoms with Gasteiger partial charge in [-0.15, -0.1) is 0 Å². The highest BCUT2D eigenvalue weighted by molar-refractivity contribution is 6.30. The third-order valence-corrected chi connectivity index (χ3v) is 8.16. The van der Waals surface area contributed by atoms with Crippen molar-refractivity contribution in [2.75, 3.05) is 6.54 Å². The first-order chi connectivity index (χ1) is 17.8. The van der Waals surface area contributed by atoms with Crippen molar-refractivity contribution in [3.8, 4) is 0 Å². The van der Waals surface area contributed by atoms with Gasteiger partial charge >= 0.3 is 12.1 Å². The predicted molar refractivity (Wildman–Crippen MR) is 135 cm³/mol. The molecule has 0 radical (unpaired) electrons. The third-order valence-electron chi connectivity index (χ3n) is 7.92. The lowest BCUT2D eigenvalue weighted by Crippen LogP contribution is -2.53. The Hall–Kier alpha value is -3.07. The van der Waals surface area contributed by atoms with Crippen LogP contribution in [0, 0.1) is 5.92 Å². The Bertz CT molecular complexity index is 1140. The number of hydrogen-bond donors (Lipinski definition) is 2. The van der Waals surface area contributed by atoms with Crippen LogP contribution in [0.5, 0.6) is 0 Å². The zero-order valence-electron chi connectivity index (χ0n) is 20.7. The second-order valence-corrected chi connectivity index (χ2v) is 11.0. The molecule has 1 aromatic carbocycles. The first-order valence-corrected chi connectivity index (χ1v) is 13.4. The molecule has 1 aromatic rings. The molecule has 5 rings (SSSR count). The van der Waals surface area contributed by atoms with E-state index in [2.05, 4.69) is 5.32 Å². The molecule has 198 valence electrons. The van der Waals surface area contributed by atoms with Crippen molar-refractivity contribution in [2.45, 2.75) is 82.1 Å². The first kappa shape index (κ1) is 25.6. The maximum Gasteiger partial charge on any atom is 0.410 e. The Morgan fingerprint density at radius 1 is 1.11 bits per heavy atom. The number of carbonyl (C=O) groups excluding carboxylic acids is 3. The van der Waals surface area contributed by atoms with Crippen molar-refractivity contribution >= 4 is 35.5 Å². The van der Waals surface area contributed by atoms with Crippen molar-refractivity contribution in [3.63, 3.8) is 0 Å². The fourth-order valence-electron chi connectivity index (χ4n) is 5.68. The average molecular weight is 530 g/mol. The van der Waals surface area contributed by atoms with Gasteiger partial charge in [0.25, 0.3) is 0 Å². The molecule has 10 heteroatoms. The molecule has 1 aliphatic carbocycles. The molecule has 1 saturated carbocycles. The Labute approximate surface area is 220 Å². The van der Waals surface area contributed by atoms with E-state index in [1.807, 2.05) is 24.3 Å². The van der Waals surface area contributed by atoms with Gasteiger partial charge in [0.15, 0.2) is 0 Å². The van der Waals surface area contributed by atoms with Gasteiger partial charge in [0, 0.05) is 36.9 Å². The molecule has 3 amide bonds. The second-order valence-electron chi connectivity index (χ2n) is 10.5. The standard InChI is InChI=1S/C27H32ClN3O6/c28-20-10-9-17-14-30(15-18(17)11-20)26(36)37-21-12-22-24(33)29-27(25(34)35)13-19(27)7-5-3-1-2-4-6-8-23(32)31(22)16-21/h5,7,9-11,19,21-22H,1-4,6,8,12-16H2,(H,29,33)(H,34,35)/b7-5-/t19-,21-,22+,27-/m1/s1. The van der Waals surface area contributed by atoms with Crippen LogP contribution in [0.15, 0.2) is 30.4 Å². The van der Waals surface area contributed by atoms with Gasteiger partial charge in [-0.3, -0.25) is 14.5 Å². The average Bonchev–Trinajstić information content (AvgIpc) is 3.18. The Balaban J connectivity index is 1.28. The maximum absolute atomic E-state index is 13.3. The van der Waals surface area contributed by atoms with Crippen LogP contribution >= 0.6 is 11.6 Å². The maximum atomic E-state index is 13.3. The molecule has 4 aliphatic rings. The summed E-state index contributed by atoms with van der Waals surface area (Å²) in [5, 5.41) is 13.2. The molecule has 37 heavy (non-hydrogen) atoms. The highest BCUT2D eigenvalue weighted by Crippen LogP contribution is 2.45. The zero-order chi connectivity index (χ0) is 26.2. The Kier molecular flexibility index (Phi) is 7.16. The molecule has 3 aliphatic heterocycles. The molecule has 1 saturated heterocycles. The van der Waals surface area contributed by atoms with Crippen LogP contribution in [-0.2, 0) is 32.2 Å². The first-order valence-electron chi connectivity index (χ1n) is 13.0. The highest BCUT2D eigenvalue weighted by atomic mass is 35.5. The minimum atomic E-state index is -1.35. The number of hydrogen-bond acceptors (Lipinski definition) is 5. The van der Waals surface area contributed by atoms with Crippen LogP contribution in [-0.4, -0.2) is 63.0 Å². The lowest BCUT2D eigenvalue weighted by molar-refractivity contribution is -0.145. The van der Waals surface area contributed by atoms with Gasteiger partial charge in [0.1, 0.15) is 17.7 Å². The summed E-state index contributed by atoms with van der Waals surface area (Å²) >= 11 is 6.07. The molecule has 0 aromatic heterocycles. The zero-order valence-corrected chi connectivity index (χ0v) is 21.4. The number of rotatable bonds is 2. The van der Waals surface area contributed by atoms with Gasteiger partial charge < -0.3 is 20.1 Å². The molecule has 0 spiro atoms. The summed E-state index contributed by atoms with van der Waals surface area (Å²) in [6.45, 7) is 0.892. The number of amides is 3. The summed E-state index contributed by atoms with van der Waals surface area (Å²) in [7, 11) is 0. The number of allylic oxidation sites excluding steroid dienone is 1. The molecular weight excluding hydrogens is 498 g/mol. The molecule has 2 fully saturated rings. The van der Waals surface area contributed by atoms with E-state index in [9.17, 15) is 24.3 Å². The van der Waals surface area contributed by atoms with E-state index in [4.69, 9.17) is 16.3 Å². The number of carboxylic acid groups (broad SMARTS) is 1. The smallest absolute Gasteiger partial charge is 0.410 e. The minimum Gasteiger partial charge on any atom is -0.479 e. The summed E-state index contributed by atoms with van der Waals surface area (Å²) < 4.78 is 5.76. The number of benzene rings is 1. The van der Waals surface area contributed by atoms with Crippen LogP contribution in [0.25, 0.3) is 0 Å². The number of ether oxygens (including phenoxy) is 1. The van der Waals surface area contributed by atoms with Crippen LogP contribution in [0.2, 0.25) is 5.02 Å². The number of nitrogens with zero attached hydrogens (tertiary/aromatic N) is 2. The van der Waals surface area contributed by atoms with Crippen LogP contribution in [0.4, 0.5) is 4.79 Å². The summed E-state index contributed by atoms with van der Waals surface area (Å²) in [5.74, 6) is -2.04. The lowest BCUT2D eigenvalue weighted by Gasteiger charge is -2.25. The monoisotopic (exact) mass is 529 g/mol. The normalized spacial score (nSPS) is 30.8. The van der Waals surface area contributed by atoms with Gasteiger partial charge in [-0.1, -0.05) is 42.7 Å². The van der Waals surface area contributed by atoms with Crippen LogP contribution < -0.4 is 5.32 Å². The quantitative estimate of drug-likeness (QED) is 0.565. The van der Waals surface area contributed by atoms with Crippen LogP contribution in [0.1, 0.15) is 62.5 Å². The molecule has 9 nitrogen and oxygen atoms in total. The van der Waals surface area contributed by atoms with Gasteiger partial charge in [-0.25, -0.2) is 9.59 Å². The largest absolute Gasteiger partial charge is 0.479 e. The number of nitrogens with one attached hydrogen (secondary N) is 1. The molecule has 0 bridgehead atoms. The van der Waals surface area contributed by atoms with Crippen LogP contribution in [0.3, 0.4) is 0 Å². The van der Waals surface area contributed by atoms with Gasteiger partial charge in [0.2, 0.25) is 11.8 Å². The fraction of sp³-hybridized carbons (Fsp3) is 0.556. The minimum absolute atomic E-state index is 0.110. The van der Waals surface area contributed by atoms with E-state index in [1.54, 1.807) is 11.0 Å². The molecular formula is C27H32ClN3O6. The topological polar surface area (TPSA) is 116 Å². The van der Waals surface area contributed by atoms with E-state index in [0.717, 1.165) is 36.8 Å². The molecule has 2 N–H and O–H groups in total. The third kappa shape index (κ3) is 5.32. The fourth-order valence-corrected chi connectivity index (χ4v) is 5.87. The number of fused-ring (bicyclic) bond motifs is 3. The van der Waals surface area contributed by atoms with Crippen molar-refractivity contribution < 1.29 is 29.0 Å². The van der Waals surface area contributed by atoms with E-state index in [1.165, 1.54) is 4.90 Å². The van der Waals surface area contributed by atoms with E-state index in [0.29, 0.717) is 37.4 Å². The van der Waals surface area contributed by atoms with E-state index < -0.39 is 35.7 Å². The summed E-state index contributed by atoms with van der Waals surface area (Å²) in [6, 6.07) is 4.62. The number of carboxylic acids is 1. The lowest BCUT2D eigenvalue weighted by atomic mass is 10.1. The number of halogens is 1. The number of carbonyl (C=O) groups is 4. The van der Waals surface area contributed by atoms with E-state index in [-0.39, 0.29) is 24.8 Å².